The standard InChI is InChI=1S/C9H7ClN2O5/c1-17-8-3-2-6(4-7(8)11(13)14)5-9(10)12(15)16/h2-5H,1H3/b9-5+. The van der Waals surface area contributed by atoms with Gasteiger partial charge in [0.2, 0.25) is 0 Å². The maximum atomic E-state index is 10.7. The number of halogens is 1. The number of methoxy groups -OCH3 is 1. The fourth-order valence-electron chi connectivity index (χ4n) is 1.13. The molecule has 1 aromatic carbocycles. The third kappa shape index (κ3) is 3.15. The van der Waals surface area contributed by atoms with E-state index in [9.17, 15) is 20.2 Å². The Morgan fingerprint density at radius 3 is 2.53 bits per heavy atom. The molecule has 0 N–H and O–H groups in total. The van der Waals surface area contributed by atoms with Crippen LogP contribution < -0.4 is 4.74 Å². The largest absolute Gasteiger partial charge is 0.490 e. The van der Waals surface area contributed by atoms with Gasteiger partial charge in [-0.1, -0.05) is 6.07 Å². The molecule has 0 aliphatic heterocycles. The molecule has 0 aromatic heterocycles. The summed E-state index contributed by atoms with van der Waals surface area (Å²) in [4.78, 5) is 19.5. The van der Waals surface area contributed by atoms with Crippen LogP contribution in [0.5, 0.6) is 5.75 Å². The number of nitrogens with zero attached hydrogens (tertiary/aromatic N) is 2. The predicted octanol–water partition coefficient (Wildman–Crippen LogP) is 2.42. The van der Waals surface area contributed by atoms with Crippen molar-refractivity contribution in [3.63, 3.8) is 0 Å². The lowest BCUT2D eigenvalue weighted by Gasteiger charge is -2.01. The molecule has 90 valence electrons. The zero-order chi connectivity index (χ0) is 13.0. The van der Waals surface area contributed by atoms with Crippen LogP contribution in [0, 0.1) is 20.2 Å². The lowest BCUT2D eigenvalue weighted by Crippen LogP contribution is -1.95. The summed E-state index contributed by atoms with van der Waals surface area (Å²) in [6, 6.07) is 3.91. The average Bonchev–Trinajstić information content (AvgIpc) is 2.28. The van der Waals surface area contributed by atoms with Crippen LogP contribution in [0.15, 0.2) is 23.4 Å². The molecule has 0 radical (unpaired) electrons. The summed E-state index contributed by atoms with van der Waals surface area (Å²) in [5.41, 5.74) is -0.0340. The van der Waals surface area contributed by atoms with Crippen molar-refractivity contribution in [2.45, 2.75) is 0 Å². The van der Waals surface area contributed by atoms with Gasteiger partial charge in [-0.25, -0.2) is 0 Å². The number of nitro groups is 2. The molecular weight excluding hydrogens is 252 g/mol. The van der Waals surface area contributed by atoms with E-state index in [2.05, 4.69) is 0 Å². The quantitative estimate of drug-likeness (QED) is 0.469. The van der Waals surface area contributed by atoms with Crippen LogP contribution in [0.4, 0.5) is 5.69 Å². The van der Waals surface area contributed by atoms with E-state index < -0.39 is 15.0 Å². The first-order valence-electron chi connectivity index (χ1n) is 4.29. The highest BCUT2D eigenvalue weighted by molar-refractivity contribution is 6.29. The van der Waals surface area contributed by atoms with Gasteiger partial charge < -0.3 is 4.74 Å². The van der Waals surface area contributed by atoms with Crippen molar-refractivity contribution in [3.05, 3.63) is 49.1 Å². The van der Waals surface area contributed by atoms with Crippen molar-refractivity contribution >= 4 is 23.4 Å². The molecule has 1 aromatic rings. The molecule has 0 heterocycles. The highest BCUT2D eigenvalue weighted by Gasteiger charge is 2.15. The minimum Gasteiger partial charge on any atom is -0.490 e. The number of hydrogen-bond donors (Lipinski definition) is 0. The molecule has 0 atom stereocenters. The number of rotatable bonds is 4. The molecule has 7 nitrogen and oxygen atoms in total. The van der Waals surface area contributed by atoms with Gasteiger partial charge in [-0.3, -0.25) is 20.2 Å². The van der Waals surface area contributed by atoms with E-state index in [1.165, 1.54) is 19.2 Å². The van der Waals surface area contributed by atoms with Crippen LogP contribution in [0.1, 0.15) is 5.56 Å². The van der Waals surface area contributed by atoms with E-state index in [1.54, 1.807) is 0 Å². The molecule has 0 aliphatic carbocycles. The Labute approximate surface area is 101 Å². The fourth-order valence-corrected chi connectivity index (χ4v) is 1.26. The summed E-state index contributed by atoms with van der Waals surface area (Å²) < 4.78 is 4.78. The van der Waals surface area contributed by atoms with E-state index in [0.29, 0.717) is 0 Å². The molecule has 0 fully saturated rings. The summed E-state index contributed by atoms with van der Waals surface area (Å²) in [6.45, 7) is 0. The normalized spacial score (nSPS) is 11.1. The second kappa shape index (κ2) is 5.26. The molecule has 0 spiro atoms. The first kappa shape index (κ1) is 12.9. The van der Waals surface area contributed by atoms with Crippen LogP contribution in [0.25, 0.3) is 6.08 Å². The van der Waals surface area contributed by atoms with E-state index in [1.807, 2.05) is 0 Å². The second-order valence-corrected chi connectivity index (χ2v) is 3.30. The average molecular weight is 259 g/mol. The smallest absolute Gasteiger partial charge is 0.337 e. The van der Waals surface area contributed by atoms with Crippen molar-refractivity contribution in [1.29, 1.82) is 0 Å². The second-order valence-electron chi connectivity index (χ2n) is 2.91. The molecule has 17 heavy (non-hydrogen) atoms. The van der Waals surface area contributed by atoms with Crippen LogP contribution >= 0.6 is 11.6 Å². The van der Waals surface area contributed by atoms with Gasteiger partial charge in [-0.15, -0.1) is 0 Å². The van der Waals surface area contributed by atoms with Gasteiger partial charge in [-0.05, 0) is 23.2 Å². The van der Waals surface area contributed by atoms with Gasteiger partial charge in [0.15, 0.2) is 5.75 Å². The molecule has 0 amide bonds. The summed E-state index contributed by atoms with van der Waals surface area (Å²) >= 11 is 5.32. The maximum Gasteiger partial charge on any atom is 0.337 e. The van der Waals surface area contributed by atoms with Gasteiger partial charge in [0.1, 0.15) is 0 Å². The Morgan fingerprint density at radius 1 is 1.41 bits per heavy atom. The molecule has 0 aliphatic rings. The van der Waals surface area contributed by atoms with E-state index in [4.69, 9.17) is 16.3 Å². The molecule has 1 rings (SSSR count). The Balaban J connectivity index is 3.22. The van der Waals surface area contributed by atoms with E-state index in [0.717, 1.165) is 12.1 Å². The van der Waals surface area contributed by atoms with Crippen LogP contribution in [-0.4, -0.2) is 17.0 Å². The third-order valence-electron chi connectivity index (χ3n) is 1.86. The lowest BCUT2D eigenvalue weighted by molar-refractivity contribution is -0.410. The lowest BCUT2D eigenvalue weighted by atomic mass is 10.2. The molecule has 0 unspecified atom stereocenters. The number of hydrogen-bond acceptors (Lipinski definition) is 5. The van der Waals surface area contributed by atoms with Crippen molar-refractivity contribution < 1.29 is 14.6 Å². The molecule has 8 heteroatoms. The van der Waals surface area contributed by atoms with Gasteiger partial charge in [0.25, 0.3) is 0 Å². The third-order valence-corrected chi connectivity index (χ3v) is 2.11. The summed E-state index contributed by atoms with van der Waals surface area (Å²) in [7, 11) is 1.29. The van der Waals surface area contributed by atoms with E-state index in [-0.39, 0.29) is 17.0 Å². The monoisotopic (exact) mass is 258 g/mol. The van der Waals surface area contributed by atoms with Gasteiger partial charge in [-0.2, -0.15) is 0 Å². The minimum atomic E-state index is -0.794. The number of nitro benzene ring substituents is 1. The SMILES string of the molecule is COc1ccc(/C=C(\Cl)[N+](=O)[O-])cc1[N+](=O)[O-]. The van der Waals surface area contributed by atoms with Crippen molar-refractivity contribution in [2.75, 3.05) is 7.11 Å². The number of ether oxygens (including phenoxy) is 1. The molecule has 0 bridgehead atoms. The molecule has 0 saturated heterocycles. The van der Waals surface area contributed by atoms with Crippen molar-refractivity contribution in [3.8, 4) is 5.75 Å². The predicted molar refractivity (Wildman–Crippen MR) is 60.5 cm³/mol. The highest BCUT2D eigenvalue weighted by atomic mass is 35.5. The topological polar surface area (TPSA) is 95.5 Å². The Morgan fingerprint density at radius 2 is 2.06 bits per heavy atom. The fraction of sp³-hybridized carbons (Fsp3) is 0.111. The summed E-state index contributed by atoms with van der Waals surface area (Å²) in [5.74, 6) is 0.0735. The minimum absolute atomic E-state index is 0.0735. The Bertz CT molecular complexity index is 500. The van der Waals surface area contributed by atoms with Crippen LogP contribution in [0.3, 0.4) is 0 Å². The summed E-state index contributed by atoms with van der Waals surface area (Å²) in [5, 5.41) is 20.4. The van der Waals surface area contributed by atoms with Crippen LogP contribution in [0.2, 0.25) is 0 Å². The van der Waals surface area contributed by atoms with Gasteiger partial charge in [0, 0.05) is 12.1 Å². The molecular formula is C9H7ClN2O5. The first-order chi connectivity index (χ1) is 7.95. The van der Waals surface area contributed by atoms with Crippen LogP contribution in [-0.2, 0) is 0 Å². The van der Waals surface area contributed by atoms with Gasteiger partial charge in [0.05, 0.1) is 17.0 Å². The zero-order valence-electron chi connectivity index (χ0n) is 8.62. The maximum absolute atomic E-state index is 10.7. The zero-order valence-corrected chi connectivity index (χ0v) is 9.38. The first-order valence-corrected chi connectivity index (χ1v) is 4.67. The van der Waals surface area contributed by atoms with Crippen molar-refractivity contribution in [1.82, 2.24) is 0 Å². The highest BCUT2D eigenvalue weighted by Crippen LogP contribution is 2.28. The van der Waals surface area contributed by atoms with Gasteiger partial charge >= 0.3 is 10.8 Å². The Kier molecular flexibility index (Phi) is 4.00. The Hall–Kier alpha value is -2.15. The molecule has 0 saturated carbocycles. The van der Waals surface area contributed by atoms with E-state index >= 15 is 0 Å². The number of benzene rings is 1. The van der Waals surface area contributed by atoms with Crippen molar-refractivity contribution in [2.24, 2.45) is 0 Å². The summed E-state index contributed by atoms with van der Waals surface area (Å²) in [6.07, 6.45) is 1.02.